The molecule has 0 aromatic carbocycles. The fraction of sp³-hybridized carbons (Fsp3) is 0.538. The van der Waals surface area contributed by atoms with Crippen molar-refractivity contribution in [1.82, 2.24) is 9.88 Å². The molecule has 2 rings (SSSR count). The molecule has 4 nitrogen and oxygen atoms in total. The Hall–Kier alpha value is -1.29. The summed E-state index contributed by atoms with van der Waals surface area (Å²) in [6.07, 6.45) is 3.39. The van der Waals surface area contributed by atoms with Crippen molar-refractivity contribution in [2.24, 2.45) is 0 Å². The molecule has 1 fully saturated rings. The predicted molar refractivity (Wildman–Crippen MR) is 73.3 cm³/mol. The number of pyridine rings is 1. The van der Waals surface area contributed by atoms with Gasteiger partial charge in [-0.05, 0) is 31.4 Å². The minimum Gasteiger partial charge on any atom is -0.363 e. The van der Waals surface area contributed by atoms with E-state index in [2.05, 4.69) is 4.98 Å². The standard InChI is InChI=1S/C13H18ClN3O/c1-16(2)12-9-10(8-11(14)15-12)13(18)17-6-4-3-5-7-17/h8-9H,3-7H2,1-2H3. The van der Waals surface area contributed by atoms with E-state index < -0.39 is 0 Å². The summed E-state index contributed by atoms with van der Waals surface area (Å²) in [5.41, 5.74) is 0.626. The average molecular weight is 268 g/mol. The number of hydrogen-bond acceptors (Lipinski definition) is 3. The highest BCUT2D eigenvalue weighted by atomic mass is 35.5. The lowest BCUT2D eigenvalue weighted by atomic mass is 10.1. The summed E-state index contributed by atoms with van der Waals surface area (Å²) in [4.78, 5) is 20.3. The van der Waals surface area contributed by atoms with E-state index in [1.54, 1.807) is 12.1 Å². The van der Waals surface area contributed by atoms with Crippen molar-refractivity contribution in [1.29, 1.82) is 0 Å². The molecular formula is C13H18ClN3O. The highest BCUT2D eigenvalue weighted by molar-refractivity contribution is 6.29. The second kappa shape index (κ2) is 5.57. The predicted octanol–water partition coefficient (Wildman–Crippen LogP) is 2.43. The largest absolute Gasteiger partial charge is 0.363 e. The summed E-state index contributed by atoms with van der Waals surface area (Å²) >= 11 is 5.97. The Morgan fingerprint density at radius 3 is 2.56 bits per heavy atom. The minimum absolute atomic E-state index is 0.0575. The quantitative estimate of drug-likeness (QED) is 0.772. The van der Waals surface area contributed by atoms with Crippen molar-refractivity contribution in [3.8, 4) is 0 Å². The van der Waals surface area contributed by atoms with Crippen LogP contribution in [0.4, 0.5) is 5.82 Å². The van der Waals surface area contributed by atoms with Crippen molar-refractivity contribution in [2.75, 3.05) is 32.1 Å². The van der Waals surface area contributed by atoms with Gasteiger partial charge in [-0.25, -0.2) is 4.98 Å². The molecule has 1 aliphatic rings. The Morgan fingerprint density at radius 2 is 1.94 bits per heavy atom. The normalized spacial score (nSPS) is 15.6. The van der Waals surface area contributed by atoms with Gasteiger partial charge in [-0.15, -0.1) is 0 Å². The molecular weight excluding hydrogens is 250 g/mol. The molecule has 1 amide bonds. The maximum absolute atomic E-state index is 12.3. The molecule has 0 saturated carbocycles. The summed E-state index contributed by atoms with van der Waals surface area (Å²) < 4.78 is 0. The van der Waals surface area contributed by atoms with E-state index >= 15 is 0 Å². The van der Waals surface area contributed by atoms with Crippen molar-refractivity contribution < 1.29 is 4.79 Å². The van der Waals surface area contributed by atoms with Gasteiger partial charge in [-0.1, -0.05) is 11.6 Å². The Kier molecular flexibility index (Phi) is 4.07. The van der Waals surface area contributed by atoms with Crippen molar-refractivity contribution in [3.63, 3.8) is 0 Å². The summed E-state index contributed by atoms with van der Waals surface area (Å²) in [5.74, 6) is 0.768. The van der Waals surface area contributed by atoms with Gasteiger partial charge in [0.25, 0.3) is 5.91 Å². The van der Waals surface area contributed by atoms with Gasteiger partial charge in [0.2, 0.25) is 0 Å². The second-order valence-corrected chi connectivity index (χ2v) is 5.17. The van der Waals surface area contributed by atoms with Gasteiger partial charge in [-0.2, -0.15) is 0 Å². The molecule has 18 heavy (non-hydrogen) atoms. The third kappa shape index (κ3) is 2.93. The Labute approximate surface area is 113 Å². The van der Waals surface area contributed by atoms with Crippen molar-refractivity contribution >= 4 is 23.3 Å². The summed E-state index contributed by atoms with van der Waals surface area (Å²) in [6.45, 7) is 1.69. The molecule has 1 aliphatic heterocycles. The number of piperidine rings is 1. The number of carbonyl (C=O) groups excluding carboxylic acids is 1. The average Bonchev–Trinajstić information content (AvgIpc) is 2.38. The molecule has 2 heterocycles. The first-order valence-corrected chi connectivity index (χ1v) is 6.60. The highest BCUT2D eigenvalue weighted by Gasteiger charge is 2.19. The van der Waals surface area contributed by atoms with E-state index in [4.69, 9.17) is 11.6 Å². The molecule has 0 aliphatic carbocycles. The lowest BCUT2D eigenvalue weighted by Crippen LogP contribution is -2.35. The smallest absolute Gasteiger partial charge is 0.254 e. The molecule has 1 aromatic rings. The molecule has 0 atom stereocenters. The third-order valence-electron chi connectivity index (χ3n) is 3.13. The molecule has 1 aromatic heterocycles. The molecule has 0 N–H and O–H groups in total. The molecule has 0 spiro atoms. The lowest BCUT2D eigenvalue weighted by Gasteiger charge is -2.27. The zero-order chi connectivity index (χ0) is 13.1. The third-order valence-corrected chi connectivity index (χ3v) is 3.32. The van der Waals surface area contributed by atoms with Gasteiger partial charge < -0.3 is 9.80 Å². The SMILES string of the molecule is CN(C)c1cc(C(=O)N2CCCCC2)cc(Cl)n1. The first-order valence-electron chi connectivity index (χ1n) is 6.22. The van der Waals surface area contributed by atoms with Crippen LogP contribution in [-0.4, -0.2) is 43.0 Å². The van der Waals surface area contributed by atoms with E-state index in [-0.39, 0.29) is 5.91 Å². The fourth-order valence-corrected chi connectivity index (χ4v) is 2.32. The van der Waals surface area contributed by atoms with Crippen LogP contribution in [0.15, 0.2) is 12.1 Å². The first-order chi connectivity index (χ1) is 8.58. The maximum atomic E-state index is 12.3. The van der Waals surface area contributed by atoms with Gasteiger partial charge in [-0.3, -0.25) is 4.79 Å². The van der Waals surface area contributed by atoms with E-state index in [0.29, 0.717) is 16.5 Å². The zero-order valence-electron chi connectivity index (χ0n) is 10.8. The van der Waals surface area contributed by atoms with Crippen LogP contribution < -0.4 is 4.90 Å². The molecule has 1 saturated heterocycles. The van der Waals surface area contributed by atoms with Crippen LogP contribution in [0, 0.1) is 0 Å². The van der Waals surface area contributed by atoms with Crippen molar-refractivity contribution in [3.05, 3.63) is 22.8 Å². The van der Waals surface area contributed by atoms with E-state index in [0.717, 1.165) is 25.9 Å². The van der Waals surface area contributed by atoms with Gasteiger partial charge in [0.05, 0.1) is 0 Å². The number of carbonyl (C=O) groups is 1. The van der Waals surface area contributed by atoms with Crippen LogP contribution in [0.2, 0.25) is 5.15 Å². The van der Waals surface area contributed by atoms with Crippen LogP contribution in [0.3, 0.4) is 0 Å². The summed E-state index contributed by atoms with van der Waals surface area (Å²) in [7, 11) is 3.77. The summed E-state index contributed by atoms with van der Waals surface area (Å²) in [5, 5.41) is 0.363. The van der Waals surface area contributed by atoms with Crippen LogP contribution in [0.25, 0.3) is 0 Å². The van der Waals surface area contributed by atoms with E-state index in [9.17, 15) is 4.79 Å². The van der Waals surface area contributed by atoms with Crippen LogP contribution in [0.1, 0.15) is 29.6 Å². The van der Waals surface area contributed by atoms with E-state index in [1.165, 1.54) is 6.42 Å². The molecule has 0 radical (unpaired) electrons. The number of anilines is 1. The second-order valence-electron chi connectivity index (χ2n) is 4.78. The lowest BCUT2D eigenvalue weighted by molar-refractivity contribution is 0.0724. The number of aromatic nitrogens is 1. The maximum Gasteiger partial charge on any atom is 0.254 e. The molecule has 5 heteroatoms. The number of likely N-dealkylation sites (tertiary alicyclic amines) is 1. The van der Waals surface area contributed by atoms with Crippen molar-refractivity contribution in [2.45, 2.75) is 19.3 Å². The van der Waals surface area contributed by atoms with Crippen LogP contribution in [0.5, 0.6) is 0 Å². The van der Waals surface area contributed by atoms with Gasteiger partial charge in [0.1, 0.15) is 11.0 Å². The molecule has 98 valence electrons. The fourth-order valence-electron chi connectivity index (χ4n) is 2.12. The first kappa shape index (κ1) is 13.1. The molecule has 0 bridgehead atoms. The topological polar surface area (TPSA) is 36.4 Å². The number of amides is 1. The highest BCUT2D eigenvalue weighted by Crippen LogP contribution is 2.19. The number of nitrogens with zero attached hydrogens (tertiary/aromatic N) is 3. The van der Waals surface area contributed by atoms with Crippen LogP contribution >= 0.6 is 11.6 Å². The number of hydrogen-bond donors (Lipinski definition) is 0. The Bertz CT molecular complexity index is 442. The number of halogens is 1. The van der Waals surface area contributed by atoms with Gasteiger partial charge in [0, 0.05) is 32.7 Å². The monoisotopic (exact) mass is 267 g/mol. The molecule has 0 unspecified atom stereocenters. The minimum atomic E-state index is 0.0575. The van der Waals surface area contributed by atoms with Gasteiger partial charge in [0.15, 0.2) is 0 Å². The van der Waals surface area contributed by atoms with Gasteiger partial charge >= 0.3 is 0 Å². The number of rotatable bonds is 2. The Balaban J connectivity index is 2.23. The Morgan fingerprint density at radius 1 is 1.28 bits per heavy atom. The van der Waals surface area contributed by atoms with E-state index in [1.807, 2.05) is 23.9 Å². The summed E-state index contributed by atoms with van der Waals surface area (Å²) in [6, 6.07) is 3.44. The zero-order valence-corrected chi connectivity index (χ0v) is 11.6. The van der Waals surface area contributed by atoms with Crippen LogP contribution in [-0.2, 0) is 0 Å².